The molecule has 1 aromatic carbocycles. The number of aromatic nitrogens is 2. The Morgan fingerprint density at radius 1 is 1.41 bits per heavy atom. The first-order chi connectivity index (χ1) is 10.7. The number of benzene rings is 1. The van der Waals surface area contributed by atoms with Gasteiger partial charge in [0.2, 0.25) is 5.91 Å². The van der Waals surface area contributed by atoms with Gasteiger partial charge in [0.25, 0.3) is 0 Å². The van der Waals surface area contributed by atoms with Crippen LogP contribution >= 0.6 is 0 Å². The predicted octanol–water partition coefficient (Wildman–Crippen LogP) is 2.68. The molecule has 116 valence electrons. The first-order valence-corrected chi connectivity index (χ1v) is 7.87. The summed E-state index contributed by atoms with van der Waals surface area (Å²) >= 11 is 0. The fourth-order valence-electron chi connectivity index (χ4n) is 2.92. The van der Waals surface area contributed by atoms with E-state index in [0.717, 1.165) is 37.3 Å². The minimum absolute atomic E-state index is 0.108. The molecule has 22 heavy (non-hydrogen) atoms. The molecule has 0 spiro atoms. The molecule has 1 N–H and O–H groups in total. The minimum Gasteiger partial charge on any atom is -0.371 e. The van der Waals surface area contributed by atoms with Crippen LogP contribution in [0.2, 0.25) is 0 Å². The fourth-order valence-corrected chi connectivity index (χ4v) is 2.92. The van der Waals surface area contributed by atoms with Crippen LogP contribution in [0.15, 0.2) is 36.7 Å². The highest BCUT2D eigenvalue weighted by Crippen LogP contribution is 2.27. The van der Waals surface area contributed by atoms with E-state index in [0.29, 0.717) is 0 Å². The number of hydrogen-bond donors (Lipinski definition) is 1. The zero-order valence-electron chi connectivity index (χ0n) is 13.1. The van der Waals surface area contributed by atoms with Crippen molar-refractivity contribution in [1.29, 1.82) is 0 Å². The standard InChI is InChI=1S/C17H22N4O/c1-3-20-12-15(11-18-20)19-13(2)17(22)21-10-6-8-14-7-4-5-9-16(14)21/h4-5,7,9,11-13,19H,3,6,8,10H2,1-2H3. The Bertz CT molecular complexity index is 664. The van der Waals surface area contributed by atoms with Crippen LogP contribution in [0.5, 0.6) is 0 Å². The summed E-state index contributed by atoms with van der Waals surface area (Å²) in [7, 11) is 0. The van der Waals surface area contributed by atoms with E-state index in [1.54, 1.807) is 6.20 Å². The third kappa shape index (κ3) is 2.84. The fraction of sp³-hybridized carbons (Fsp3) is 0.412. The number of aryl methyl sites for hydroxylation is 2. The van der Waals surface area contributed by atoms with Crippen LogP contribution in [-0.4, -0.2) is 28.3 Å². The molecule has 0 saturated carbocycles. The summed E-state index contributed by atoms with van der Waals surface area (Å²) in [6.45, 7) is 5.55. The molecule has 1 atom stereocenters. The summed E-state index contributed by atoms with van der Waals surface area (Å²) in [4.78, 5) is 14.7. The maximum absolute atomic E-state index is 12.8. The SMILES string of the molecule is CCn1cc(NC(C)C(=O)N2CCCc3ccccc32)cn1. The van der Waals surface area contributed by atoms with Crippen molar-refractivity contribution < 1.29 is 4.79 Å². The van der Waals surface area contributed by atoms with Gasteiger partial charge in [0, 0.05) is 25.0 Å². The number of hydrogen-bond acceptors (Lipinski definition) is 3. The lowest BCUT2D eigenvalue weighted by molar-refractivity contribution is -0.119. The van der Waals surface area contributed by atoms with Gasteiger partial charge in [0.05, 0.1) is 11.9 Å². The van der Waals surface area contributed by atoms with Gasteiger partial charge in [-0.15, -0.1) is 0 Å². The highest BCUT2D eigenvalue weighted by atomic mass is 16.2. The van der Waals surface area contributed by atoms with Gasteiger partial charge in [0.1, 0.15) is 6.04 Å². The van der Waals surface area contributed by atoms with E-state index in [1.807, 2.05) is 47.8 Å². The molecule has 1 unspecified atom stereocenters. The monoisotopic (exact) mass is 298 g/mol. The number of para-hydroxylation sites is 1. The molecular formula is C17H22N4O. The zero-order valence-corrected chi connectivity index (χ0v) is 13.1. The minimum atomic E-state index is -0.277. The van der Waals surface area contributed by atoms with Crippen LogP contribution in [0.25, 0.3) is 0 Å². The molecule has 0 fully saturated rings. The maximum atomic E-state index is 12.8. The average molecular weight is 298 g/mol. The summed E-state index contributed by atoms with van der Waals surface area (Å²) in [6, 6.07) is 7.90. The molecule has 0 saturated heterocycles. The summed E-state index contributed by atoms with van der Waals surface area (Å²) < 4.78 is 1.84. The maximum Gasteiger partial charge on any atom is 0.249 e. The van der Waals surface area contributed by atoms with Crippen LogP contribution < -0.4 is 10.2 Å². The van der Waals surface area contributed by atoms with Crippen molar-refractivity contribution in [3.05, 3.63) is 42.2 Å². The molecule has 0 bridgehead atoms. The molecule has 1 aliphatic rings. The third-order valence-electron chi connectivity index (χ3n) is 4.09. The van der Waals surface area contributed by atoms with Crippen molar-refractivity contribution in [3.8, 4) is 0 Å². The number of rotatable bonds is 4. The van der Waals surface area contributed by atoms with E-state index < -0.39 is 0 Å². The predicted molar refractivity (Wildman–Crippen MR) is 88.1 cm³/mol. The van der Waals surface area contributed by atoms with E-state index in [1.165, 1.54) is 5.56 Å². The van der Waals surface area contributed by atoms with Gasteiger partial charge in [0.15, 0.2) is 0 Å². The van der Waals surface area contributed by atoms with E-state index in [2.05, 4.69) is 16.5 Å². The Kier molecular flexibility index (Phi) is 4.13. The van der Waals surface area contributed by atoms with Gasteiger partial charge >= 0.3 is 0 Å². The Balaban J connectivity index is 1.73. The van der Waals surface area contributed by atoms with Crippen LogP contribution in [0, 0.1) is 0 Å². The Hall–Kier alpha value is -2.30. The summed E-state index contributed by atoms with van der Waals surface area (Å²) in [5, 5.41) is 7.47. The van der Waals surface area contributed by atoms with Crippen LogP contribution in [0.3, 0.4) is 0 Å². The lowest BCUT2D eigenvalue weighted by Gasteiger charge is -2.31. The topological polar surface area (TPSA) is 50.2 Å². The number of carbonyl (C=O) groups is 1. The highest BCUT2D eigenvalue weighted by Gasteiger charge is 2.26. The van der Waals surface area contributed by atoms with Gasteiger partial charge in [-0.25, -0.2) is 0 Å². The first-order valence-electron chi connectivity index (χ1n) is 7.87. The zero-order chi connectivity index (χ0) is 15.5. The lowest BCUT2D eigenvalue weighted by atomic mass is 10.0. The summed E-state index contributed by atoms with van der Waals surface area (Å²) in [6.07, 6.45) is 5.75. The average Bonchev–Trinajstić information content (AvgIpc) is 3.01. The second kappa shape index (κ2) is 6.22. The molecule has 0 aliphatic carbocycles. The number of fused-ring (bicyclic) bond motifs is 1. The molecule has 1 aromatic heterocycles. The molecule has 2 heterocycles. The van der Waals surface area contributed by atoms with Crippen LogP contribution in [-0.2, 0) is 17.8 Å². The molecular weight excluding hydrogens is 276 g/mol. The molecule has 0 radical (unpaired) electrons. The number of amides is 1. The molecule has 5 heteroatoms. The number of nitrogens with one attached hydrogen (secondary N) is 1. The molecule has 1 aliphatic heterocycles. The van der Waals surface area contributed by atoms with Gasteiger partial charge in [-0.3, -0.25) is 9.48 Å². The normalized spacial score (nSPS) is 15.3. The van der Waals surface area contributed by atoms with Crippen molar-refractivity contribution >= 4 is 17.3 Å². The van der Waals surface area contributed by atoms with Crippen molar-refractivity contribution in [2.45, 2.75) is 39.3 Å². The number of anilines is 2. The summed E-state index contributed by atoms with van der Waals surface area (Å²) in [5.41, 5.74) is 3.19. The Labute approximate surface area is 130 Å². The van der Waals surface area contributed by atoms with E-state index >= 15 is 0 Å². The molecule has 5 nitrogen and oxygen atoms in total. The molecule has 1 amide bonds. The second-order valence-electron chi connectivity index (χ2n) is 5.67. The van der Waals surface area contributed by atoms with Crippen molar-refractivity contribution in [2.75, 3.05) is 16.8 Å². The summed E-state index contributed by atoms with van der Waals surface area (Å²) in [5.74, 6) is 0.108. The van der Waals surface area contributed by atoms with Crippen molar-refractivity contribution in [2.24, 2.45) is 0 Å². The molecule has 3 rings (SSSR count). The lowest BCUT2D eigenvalue weighted by Crippen LogP contribution is -2.44. The largest absolute Gasteiger partial charge is 0.371 e. The highest BCUT2D eigenvalue weighted by molar-refractivity contribution is 5.99. The van der Waals surface area contributed by atoms with Crippen LogP contribution in [0.1, 0.15) is 25.8 Å². The number of carbonyl (C=O) groups excluding carboxylic acids is 1. The van der Waals surface area contributed by atoms with Gasteiger partial charge in [-0.05, 0) is 38.3 Å². The van der Waals surface area contributed by atoms with E-state index in [4.69, 9.17) is 0 Å². The Morgan fingerprint density at radius 3 is 3.00 bits per heavy atom. The van der Waals surface area contributed by atoms with E-state index in [-0.39, 0.29) is 11.9 Å². The van der Waals surface area contributed by atoms with Crippen molar-refractivity contribution in [3.63, 3.8) is 0 Å². The smallest absolute Gasteiger partial charge is 0.249 e. The van der Waals surface area contributed by atoms with Crippen molar-refractivity contribution in [1.82, 2.24) is 9.78 Å². The van der Waals surface area contributed by atoms with Gasteiger partial charge in [-0.1, -0.05) is 18.2 Å². The van der Waals surface area contributed by atoms with Gasteiger partial charge < -0.3 is 10.2 Å². The third-order valence-corrected chi connectivity index (χ3v) is 4.09. The van der Waals surface area contributed by atoms with Gasteiger partial charge in [-0.2, -0.15) is 5.10 Å². The first kappa shape index (κ1) is 14.6. The van der Waals surface area contributed by atoms with E-state index in [9.17, 15) is 4.79 Å². The van der Waals surface area contributed by atoms with Crippen LogP contribution in [0.4, 0.5) is 11.4 Å². The number of nitrogens with zero attached hydrogens (tertiary/aromatic N) is 3. The molecule has 2 aromatic rings. The Morgan fingerprint density at radius 2 is 2.23 bits per heavy atom. The second-order valence-corrected chi connectivity index (χ2v) is 5.67. The quantitative estimate of drug-likeness (QED) is 0.944.